The molecule has 0 radical (unpaired) electrons. The third-order valence-electron chi connectivity index (χ3n) is 5.57. The second kappa shape index (κ2) is 9.06. The van der Waals surface area contributed by atoms with Crippen molar-refractivity contribution in [3.8, 4) is 0 Å². The zero-order chi connectivity index (χ0) is 22.0. The van der Waals surface area contributed by atoms with Crippen molar-refractivity contribution in [1.82, 2.24) is 9.88 Å². The van der Waals surface area contributed by atoms with Gasteiger partial charge in [0.25, 0.3) is 0 Å². The molecule has 0 N–H and O–H groups in total. The van der Waals surface area contributed by atoms with Crippen LogP contribution in [0.2, 0.25) is 0 Å². The van der Waals surface area contributed by atoms with E-state index in [9.17, 15) is 14.0 Å². The molecular formula is C24H24FN3O2S. The number of carbonyl (C=O) groups excluding carboxylic acids is 2. The van der Waals surface area contributed by atoms with Crippen molar-refractivity contribution in [1.29, 1.82) is 0 Å². The molecule has 0 bridgehead atoms. The summed E-state index contributed by atoms with van der Waals surface area (Å²) in [6.45, 7) is 5.66. The molecule has 1 fully saturated rings. The van der Waals surface area contributed by atoms with Gasteiger partial charge in [0.05, 0.1) is 22.0 Å². The number of anilines is 1. The number of halogens is 1. The Morgan fingerprint density at radius 3 is 2.52 bits per heavy atom. The molecule has 4 rings (SSSR count). The van der Waals surface area contributed by atoms with Crippen LogP contribution < -0.4 is 4.90 Å². The van der Waals surface area contributed by atoms with Crippen molar-refractivity contribution >= 4 is 40.0 Å². The van der Waals surface area contributed by atoms with Crippen molar-refractivity contribution < 1.29 is 14.0 Å². The number of aryl methyl sites for hydroxylation is 1. The van der Waals surface area contributed by atoms with E-state index < -0.39 is 5.82 Å². The largest absolute Gasteiger partial charge is 0.366 e. The molecule has 0 saturated carbocycles. The molecule has 160 valence electrons. The molecule has 1 amide bonds. The Kier molecular flexibility index (Phi) is 6.23. The number of benzene rings is 2. The summed E-state index contributed by atoms with van der Waals surface area (Å²) in [5, 5.41) is 1.97. The summed E-state index contributed by atoms with van der Waals surface area (Å²) in [7, 11) is 0. The number of hydrogen-bond donors (Lipinski definition) is 0. The molecule has 0 spiro atoms. The summed E-state index contributed by atoms with van der Waals surface area (Å²) in [6, 6.07) is 14.6. The summed E-state index contributed by atoms with van der Waals surface area (Å²) in [5.41, 5.74) is 2.92. The van der Waals surface area contributed by atoms with Crippen molar-refractivity contribution in [2.75, 3.05) is 36.8 Å². The highest BCUT2D eigenvalue weighted by Crippen LogP contribution is 2.25. The number of thioether (sulfide) groups is 1. The molecule has 0 atom stereocenters. The molecule has 5 nitrogen and oxygen atoms in total. The van der Waals surface area contributed by atoms with Crippen LogP contribution in [0.3, 0.4) is 0 Å². The minimum absolute atomic E-state index is 0.0599. The Morgan fingerprint density at radius 1 is 1.06 bits per heavy atom. The minimum atomic E-state index is -0.402. The van der Waals surface area contributed by atoms with Crippen LogP contribution in [0.4, 0.5) is 10.1 Å². The van der Waals surface area contributed by atoms with Gasteiger partial charge in [-0.1, -0.05) is 30.0 Å². The first-order chi connectivity index (χ1) is 14.9. The second-order valence-electron chi connectivity index (χ2n) is 7.67. The van der Waals surface area contributed by atoms with E-state index in [0.717, 1.165) is 21.5 Å². The molecule has 3 aromatic rings. The number of pyridine rings is 1. The van der Waals surface area contributed by atoms with E-state index in [1.165, 1.54) is 24.8 Å². The van der Waals surface area contributed by atoms with Crippen LogP contribution in [0.5, 0.6) is 0 Å². The third kappa shape index (κ3) is 4.71. The summed E-state index contributed by atoms with van der Waals surface area (Å²) in [6.07, 6.45) is 0. The van der Waals surface area contributed by atoms with Crippen LogP contribution in [0.1, 0.15) is 22.8 Å². The highest BCUT2D eigenvalue weighted by molar-refractivity contribution is 7.99. The lowest BCUT2D eigenvalue weighted by molar-refractivity contribution is -0.128. The molecule has 1 saturated heterocycles. The number of nitrogens with zero attached hydrogens (tertiary/aromatic N) is 3. The van der Waals surface area contributed by atoms with E-state index in [4.69, 9.17) is 0 Å². The topological polar surface area (TPSA) is 53.5 Å². The number of aromatic nitrogens is 1. The maximum Gasteiger partial charge on any atom is 0.233 e. The zero-order valence-electron chi connectivity index (χ0n) is 17.6. The molecule has 2 heterocycles. The number of ketones is 1. The Bertz CT molecular complexity index is 1140. The lowest BCUT2D eigenvalue weighted by Gasteiger charge is -2.36. The van der Waals surface area contributed by atoms with Gasteiger partial charge in [-0.25, -0.2) is 9.37 Å². The number of para-hydroxylation sites is 1. The van der Waals surface area contributed by atoms with Gasteiger partial charge < -0.3 is 9.80 Å². The average Bonchev–Trinajstić information content (AvgIpc) is 2.77. The number of piperazine rings is 1. The van der Waals surface area contributed by atoms with Crippen molar-refractivity contribution in [3.63, 3.8) is 0 Å². The summed E-state index contributed by atoms with van der Waals surface area (Å²) < 4.78 is 14.4. The highest BCUT2D eigenvalue weighted by atomic mass is 32.2. The quantitative estimate of drug-likeness (QED) is 0.439. The maximum atomic E-state index is 14.4. The number of hydrogen-bond acceptors (Lipinski definition) is 5. The van der Waals surface area contributed by atoms with Crippen molar-refractivity contribution in [2.45, 2.75) is 18.9 Å². The van der Waals surface area contributed by atoms with Gasteiger partial charge in [-0.3, -0.25) is 9.59 Å². The number of amides is 1. The molecule has 31 heavy (non-hydrogen) atoms. The van der Waals surface area contributed by atoms with Crippen LogP contribution in [0.25, 0.3) is 10.9 Å². The first-order valence-electron chi connectivity index (χ1n) is 10.2. The summed E-state index contributed by atoms with van der Waals surface area (Å²) in [5.74, 6) is -0.174. The van der Waals surface area contributed by atoms with Gasteiger partial charge in [-0.15, -0.1) is 0 Å². The Morgan fingerprint density at radius 2 is 1.81 bits per heavy atom. The number of Topliss-reactive ketones (excluding diaryl/α,β-unsaturated/α-hetero) is 1. The number of carbonyl (C=O) groups is 2. The van der Waals surface area contributed by atoms with Crippen molar-refractivity contribution in [3.05, 3.63) is 65.5 Å². The highest BCUT2D eigenvalue weighted by Gasteiger charge is 2.23. The first kappa shape index (κ1) is 21.3. The lowest BCUT2D eigenvalue weighted by Crippen LogP contribution is -2.49. The van der Waals surface area contributed by atoms with Gasteiger partial charge in [0.15, 0.2) is 5.78 Å². The van der Waals surface area contributed by atoms with E-state index >= 15 is 0 Å². The van der Waals surface area contributed by atoms with Gasteiger partial charge in [-0.2, -0.15) is 0 Å². The standard InChI is InChI=1S/C24H24FN3O2S/c1-16-13-23(26-21-6-4-3-5-19(16)21)31-15-24(30)28-11-9-27(10-12-28)22-8-7-18(17(2)29)14-20(22)25/h3-8,13-14H,9-12,15H2,1-2H3. The molecular weight excluding hydrogens is 413 g/mol. The summed E-state index contributed by atoms with van der Waals surface area (Å²) in [4.78, 5) is 32.5. The molecule has 7 heteroatoms. The number of rotatable bonds is 5. The minimum Gasteiger partial charge on any atom is -0.366 e. The molecule has 1 aromatic heterocycles. The third-order valence-corrected chi connectivity index (χ3v) is 6.47. The molecule has 2 aromatic carbocycles. The zero-order valence-corrected chi connectivity index (χ0v) is 18.4. The Balaban J connectivity index is 1.34. The second-order valence-corrected chi connectivity index (χ2v) is 8.67. The van der Waals surface area contributed by atoms with Gasteiger partial charge in [0, 0.05) is 37.1 Å². The van der Waals surface area contributed by atoms with Crippen LogP contribution in [-0.4, -0.2) is 53.5 Å². The Hall–Kier alpha value is -2.93. The van der Waals surface area contributed by atoms with Crippen LogP contribution >= 0.6 is 11.8 Å². The van der Waals surface area contributed by atoms with E-state index in [2.05, 4.69) is 11.9 Å². The van der Waals surface area contributed by atoms with Gasteiger partial charge >= 0.3 is 0 Å². The Labute approximate surface area is 185 Å². The van der Waals surface area contributed by atoms with Crippen LogP contribution in [-0.2, 0) is 4.79 Å². The molecule has 1 aliphatic heterocycles. The van der Waals surface area contributed by atoms with E-state index in [0.29, 0.717) is 43.2 Å². The predicted octanol–water partition coefficient (Wildman–Crippen LogP) is 4.33. The average molecular weight is 438 g/mol. The molecule has 0 unspecified atom stereocenters. The van der Waals surface area contributed by atoms with Gasteiger partial charge in [0.2, 0.25) is 5.91 Å². The summed E-state index contributed by atoms with van der Waals surface area (Å²) >= 11 is 1.45. The fourth-order valence-electron chi connectivity index (χ4n) is 3.80. The smallest absolute Gasteiger partial charge is 0.233 e. The van der Waals surface area contributed by atoms with Gasteiger partial charge in [0.1, 0.15) is 5.82 Å². The normalized spacial score (nSPS) is 14.2. The molecule has 1 aliphatic rings. The van der Waals surface area contributed by atoms with Crippen molar-refractivity contribution in [2.24, 2.45) is 0 Å². The monoisotopic (exact) mass is 437 g/mol. The van der Waals surface area contributed by atoms with Crippen LogP contribution in [0, 0.1) is 12.7 Å². The van der Waals surface area contributed by atoms with E-state index in [1.54, 1.807) is 12.1 Å². The number of fused-ring (bicyclic) bond motifs is 1. The van der Waals surface area contributed by atoms with Crippen LogP contribution in [0.15, 0.2) is 53.6 Å². The predicted molar refractivity (Wildman–Crippen MR) is 122 cm³/mol. The fourth-order valence-corrected chi connectivity index (χ4v) is 4.68. The fraction of sp³-hybridized carbons (Fsp3) is 0.292. The molecule has 0 aliphatic carbocycles. The lowest BCUT2D eigenvalue weighted by atomic mass is 10.1. The SMILES string of the molecule is CC(=O)c1ccc(N2CCN(C(=O)CSc3cc(C)c4ccccc4n3)CC2)c(F)c1. The van der Waals surface area contributed by atoms with E-state index in [-0.39, 0.29) is 11.7 Å². The maximum absolute atomic E-state index is 14.4. The first-order valence-corrected chi connectivity index (χ1v) is 11.2. The van der Waals surface area contributed by atoms with E-state index in [1.807, 2.05) is 40.1 Å². The van der Waals surface area contributed by atoms with Gasteiger partial charge in [-0.05, 0) is 49.7 Å².